The molecule has 0 aromatic heterocycles. The number of rotatable bonds is 6. The van der Waals surface area contributed by atoms with Gasteiger partial charge >= 0.3 is 0 Å². The van der Waals surface area contributed by atoms with E-state index in [1.165, 1.54) is 11.0 Å². The smallest absolute Gasteiger partial charge is 0.282 e. The summed E-state index contributed by atoms with van der Waals surface area (Å²) in [5.41, 5.74) is 1.84. The van der Waals surface area contributed by atoms with Gasteiger partial charge in [0.1, 0.15) is 23.0 Å². The lowest BCUT2D eigenvalue weighted by Crippen LogP contribution is -2.33. The maximum atomic E-state index is 14.6. The molecule has 4 rings (SSSR count). The van der Waals surface area contributed by atoms with Crippen molar-refractivity contribution in [3.05, 3.63) is 95.4 Å². The molecule has 3 aromatic carbocycles. The van der Waals surface area contributed by atoms with Crippen LogP contribution in [0.5, 0.6) is 11.5 Å². The number of amidine groups is 1. The van der Waals surface area contributed by atoms with Gasteiger partial charge in [-0.2, -0.15) is 0 Å². The minimum Gasteiger partial charge on any atom is -0.497 e. The summed E-state index contributed by atoms with van der Waals surface area (Å²) in [6.07, 6.45) is 1.68. The lowest BCUT2D eigenvalue weighted by molar-refractivity contribution is -0.113. The topological polar surface area (TPSA) is 51.1 Å². The Morgan fingerprint density at radius 2 is 1.65 bits per heavy atom. The van der Waals surface area contributed by atoms with Crippen molar-refractivity contribution in [2.75, 3.05) is 18.6 Å². The monoisotopic (exact) mass is 416 g/mol. The van der Waals surface area contributed by atoms with E-state index in [0.29, 0.717) is 18.0 Å². The number of aliphatic imine (C=N–C) groups is 1. The number of benzene rings is 3. The number of ether oxygens (including phenoxy) is 2. The van der Waals surface area contributed by atoms with Gasteiger partial charge in [-0.05, 0) is 67.1 Å². The molecule has 156 valence electrons. The Hall–Kier alpha value is -3.93. The molecule has 0 N–H and O–H groups in total. The Labute approximate surface area is 180 Å². The van der Waals surface area contributed by atoms with E-state index in [0.717, 1.165) is 11.3 Å². The van der Waals surface area contributed by atoms with Gasteiger partial charge in [0, 0.05) is 0 Å². The number of halogens is 1. The van der Waals surface area contributed by atoms with E-state index in [1.807, 2.05) is 31.2 Å². The van der Waals surface area contributed by atoms with Gasteiger partial charge in [0.2, 0.25) is 0 Å². The van der Waals surface area contributed by atoms with Crippen molar-refractivity contribution in [2.45, 2.75) is 6.92 Å². The first kappa shape index (κ1) is 20.3. The molecule has 1 amide bonds. The fraction of sp³-hybridized carbons (Fsp3) is 0.120. The average molecular weight is 416 g/mol. The number of carbonyl (C=O) groups excluding carboxylic acids is 1. The van der Waals surface area contributed by atoms with E-state index < -0.39 is 5.82 Å². The zero-order valence-corrected chi connectivity index (χ0v) is 17.2. The van der Waals surface area contributed by atoms with Crippen molar-refractivity contribution in [3.8, 4) is 11.5 Å². The predicted molar refractivity (Wildman–Crippen MR) is 119 cm³/mol. The molecule has 0 atom stereocenters. The van der Waals surface area contributed by atoms with Gasteiger partial charge in [0.15, 0.2) is 5.84 Å². The second-order valence-electron chi connectivity index (χ2n) is 6.79. The van der Waals surface area contributed by atoms with Gasteiger partial charge in [0.25, 0.3) is 5.91 Å². The highest BCUT2D eigenvalue weighted by Crippen LogP contribution is 2.30. The van der Waals surface area contributed by atoms with Crippen molar-refractivity contribution < 1.29 is 18.7 Å². The van der Waals surface area contributed by atoms with Gasteiger partial charge in [0.05, 0.1) is 25.0 Å². The van der Waals surface area contributed by atoms with Gasteiger partial charge in [-0.3, -0.25) is 9.69 Å². The van der Waals surface area contributed by atoms with Crippen LogP contribution in [0.25, 0.3) is 6.08 Å². The van der Waals surface area contributed by atoms with Crippen LogP contribution in [0.15, 0.2) is 83.5 Å². The Kier molecular flexibility index (Phi) is 5.80. The zero-order valence-electron chi connectivity index (χ0n) is 17.2. The summed E-state index contributed by atoms with van der Waals surface area (Å²) in [5, 5.41) is 0. The minimum absolute atomic E-state index is 0.221. The normalized spacial score (nSPS) is 14.7. The van der Waals surface area contributed by atoms with Crippen molar-refractivity contribution in [2.24, 2.45) is 4.99 Å². The molecular weight excluding hydrogens is 395 g/mol. The lowest BCUT2D eigenvalue weighted by Gasteiger charge is -2.19. The number of nitrogens with zero attached hydrogens (tertiary/aromatic N) is 2. The highest BCUT2D eigenvalue weighted by Gasteiger charge is 2.33. The number of carbonyl (C=O) groups is 1. The summed E-state index contributed by atoms with van der Waals surface area (Å²) >= 11 is 0. The molecule has 1 aliphatic heterocycles. The molecule has 6 heteroatoms. The van der Waals surface area contributed by atoms with E-state index in [4.69, 9.17) is 9.47 Å². The molecule has 0 spiro atoms. The van der Waals surface area contributed by atoms with Crippen LogP contribution in [0.2, 0.25) is 0 Å². The number of hydrogen-bond donors (Lipinski definition) is 0. The van der Waals surface area contributed by atoms with E-state index >= 15 is 0 Å². The number of amides is 1. The molecule has 5 nitrogen and oxygen atoms in total. The number of anilines is 1. The first-order valence-corrected chi connectivity index (χ1v) is 9.87. The molecule has 0 saturated heterocycles. The van der Waals surface area contributed by atoms with E-state index in [9.17, 15) is 9.18 Å². The molecule has 1 aliphatic rings. The number of hydrogen-bond acceptors (Lipinski definition) is 4. The predicted octanol–water partition coefficient (Wildman–Crippen LogP) is 5.07. The fourth-order valence-electron chi connectivity index (χ4n) is 3.30. The van der Waals surface area contributed by atoms with Crippen LogP contribution in [0.3, 0.4) is 0 Å². The van der Waals surface area contributed by atoms with E-state index in [2.05, 4.69) is 4.99 Å². The van der Waals surface area contributed by atoms with Crippen LogP contribution < -0.4 is 14.4 Å². The van der Waals surface area contributed by atoms with Gasteiger partial charge in [-0.25, -0.2) is 9.38 Å². The maximum absolute atomic E-state index is 14.6. The van der Waals surface area contributed by atoms with Gasteiger partial charge in [-0.15, -0.1) is 0 Å². The Bertz CT molecular complexity index is 1150. The highest BCUT2D eigenvalue weighted by molar-refractivity contribution is 6.33. The molecule has 0 bridgehead atoms. The largest absolute Gasteiger partial charge is 0.497 e. The molecule has 0 radical (unpaired) electrons. The minimum atomic E-state index is -0.449. The molecular formula is C25H21FN2O3. The molecule has 0 aliphatic carbocycles. The molecule has 1 heterocycles. The zero-order chi connectivity index (χ0) is 21.8. The van der Waals surface area contributed by atoms with Crippen LogP contribution in [0, 0.1) is 5.82 Å². The summed E-state index contributed by atoms with van der Waals surface area (Å²) in [6.45, 7) is 2.49. The standard InChI is InChI=1S/C25H21FN2O3/c1-3-31-20-12-8-17(9-13-20)16-23-25(29)28(18-10-14-19(30-2)15-11-18)24(27-23)21-6-4-5-7-22(21)26/h4-16H,3H2,1-2H3/b23-16+. The molecule has 3 aromatic rings. The summed E-state index contributed by atoms with van der Waals surface area (Å²) < 4.78 is 25.2. The van der Waals surface area contributed by atoms with Crippen molar-refractivity contribution in [1.82, 2.24) is 0 Å². The van der Waals surface area contributed by atoms with E-state index in [-0.39, 0.29) is 23.0 Å². The highest BCUT2D eigenvalue weighted by atomic mass is 19.1. The SMILES string of the molecule is CCOc1ccc(/C=C2/N=C(c3ccccc3F)N(c3ccc(OC)cc3)C2=O)cc1. The third-order valence-electron chi connectivity index (χ3n) is 4.80. The van der Waals surface area contributed by atoms with Crippen LogP contribution in [-0.2, 0) is 4.79 Å². The number of methoxy groups -OCH3 is 1. The molecule has 0 unspecified atom stereocenters. The van der Waals surface area contributed by atoms with Crippen molar-refractivity contribution in [3.63, 3.8) is 0 Å². The summed E-state index contributed by atoms with van der Waals surface area (Å²) in [7, 11) is 1.57. The Morgan fingerprint density at radius 1 is 0.968 bits per heavy atom. The van der Waals surface area contributed by atoms with Crippen LogP contribution in [0.4, 0.5) is 10.1 Å². The van der Waals surface area contributed by atoms with Gasteiger partial charge < -0.3 is 9.47 Å². The second-order valence-corrected chi connectivity index (χ2v) is 6.79. The average Bonchev–Trinajstić information content (AvgIpc) is 3.11. The third-order valence-corrected chi connectivity index (χ3v) is 4.80. The van der Waals surface area contributed by atoms with Crippen LogP contribution in [0.1, 0.15) is 18.1 Å². The first-order chi connectivity index (χ1) is 15.1. The second kappa shape index (κ2) is 8.83. The lowest BCUT2D eigenvalue weighted by atomic mass is 10.1. The van der Waals surface area contributed by atoms with Crippen molar-refractivity contribution in [1.29, 1.82) is 0 Å². The maximum Gasteiger partial charge on any atom is 0.282 e. The summed E-state index contributed by atoms with van der Waals surface area (Å²) in [5.74, 6) is 0.861. The first-order valence-electron chi connectivity index (χ1n) is 9.87. The molecule has 31 heavy (non-hydrogen) atoms. The quantitative estimate of drug-likeness (QED) is 0.528. The van der Waals surface area contributed by atoms with Crippen molar-refractivity contribution >= 4 is 23.5 Å². The Balaban J connectivity index is 1.76. The third kappa shape index (κ3) is 4.19. The van der Waals surface area contributed by atoms with Crippen LogP contribution >= 0.6 is 0 Å². The van der Waals surface area contributed by atoms with Crippen LogP contribution in [-0.4, -0.2) is 25.5 Å². The fourth-order valence-corrected chi connectivity index (χ4v) is 3.30. The molecule has 0 fully saturated rings. The van der Waals surface area contributed by atoms with Gasteiger partial charge in [-0.1, -0.05) is 24.3 Å². The Morgan fingerprint density at radius 3 is 2.29 bits per heavy atom. The summed E-state index contributed by atoms with van der Waals surface area (Å²) in [4.78, 5) is 19.2. The summed E-state index contributed by atoms with van der Waals surface area (Å²) in [6, 6.07) is 20.6. The van der Waals surface area contributed by atoms with E-state index in [1.54, 1.807) is 55.7 Å². The molecule has 0 saturated carbocycles.